The van der Waals surface area contributed by atoms with Gasteiger partial charge in [-0.25, -0.2) is 4.79 Å². The monoisotopic (exact) mass is 273 g/mol. The normalized spacial score (nSPS) is 11.9. The number of primary amides is 1. The molecule has 2 amide bonds. The Morgan fingerprint density at radius 1 is 1.35 bits per heavy atom. The van der Waals surface area contributed by atoms with Gasteiger partial charge in [-0.15, -0.1) is 0 Å². The Hall–Kier alpha value is -2.50. The Balaban J connectivity index is 2.07. The van der Waals surface area contributed by atoms with E-state index < -0.39 is 6.03 Å². The lowest BCUT2D eigenvalue weighted by Crippen LogP contribution is -2.19. The maximum absolute atomic E-state index is 10.8. The van der Waals surface area contributed by atoms with Gasteiger partial charge in [0.25, 0.3) is 0 Å². The molecule has 1 aromatic heterocycles. The number of aromatic nitrogens is 2. The molecule has 1 aromatic carbocycles. The van der Waals surface area contributed by atoms with Crippen molar-refractivity contribution in [2.75, 3.05) is 10.6 Å². The van der Waals surface area contributed by atoms with Crippen LogP contribution in [-0.2, 0) is 7.05 Å². The lowest BCUT2D eigenvalue weighted by Gasteiger charge is -2.15. The van der Waals surface area contributed by atoms with Gasteiger partial charge in [-0.05, 0) is 31.5 Å². The molecular weight excluding hydrogens is 254 g/mol. The number of nitrogens with one attached hydrogen (secondary N) is 2. The summed E-state index contributed by atoms with van der Waals surface area (Å²) < 4.78 is 1.78. The molecule has 1 atom stereocenters. The molecule has 20 heavy (non-hydrogen) atoms. The van der Waals surface area contributed by atoms with Gasteiger partial charge >= 0.3 is 6.03 Å². The molecule has 1 heterocycles. The highest BCUT2D eigenvalue weighted by Gasteiger charge is 2.09. The first kappa shape index (κ1) is 13.9. The molecule has 6 heteroatoms. The van der Waals surface area contributed by atoms with E-state index in [1.165, 1.54) is 0 Å². The highest BCUT2D eigenvalue weighted by Crippen LogP contribution is 2.22. The molecule has 0 fully saturated rings. The summed E-state index contributed by atoms with van der Waals surface area (Å²) in [5, 5.41) is 10.2. The molecule has 0 aliphatic carbocycles. The van der Waals surface area contributed by atoms with Crippen LogP contribution in [0.5, 0.6) is 0 Å². The number of benzene rings is 1. The van der Waals surface area contributed by atoms with Crippen LogP contribution in [0, 0.1) is 6.92 Å². The van der Waals surface area contributed by atoms with E-state index in [1.807, 2.05) is 44.4 Å². The van der Waals surface area contributed by atoms with Crippen LogP contribution in [-0.4, -0.2) is 15.8 Å². The molecule has 6 nitrogen and oxygen atoms in total. The number of anilines is 2. The maximum Gasteiger partial charge on any atom is 0.316 e. The Bertz CT molecular complexity index is 603. The first-order valence-electron chi connectivity index (χ1n) is 6.39. The van der Waals surface area contributed by atoms with Crippen molar-refractivity contribution in [3.05, 3.63) is 41.7 Å². The zero-order chi connectivity index (χ0) is 14.7. The van der Waals surface area contributed by atoms with Crippen molar-refractivity contribution in [1.82, 2.24) is 9.78 Å². The third kappa shape index (κ3) is 3.28. The SMILES string of the molecule is Cc1nn(C)cc1NC(C)c1ccc(NC(N)=O)cc1. The van der Waals surface area contributed by atoms with Crippen molar-refractivity contribution in [3.63, 3.8) is 0 Å². The molecular formula is C14H19N5O. The van der Waals surface area contributed by atoms with E-state index in [9.17, 15) is 4.79 Å². The molecule has 0 radical (unpaired) electrons. The van der Waals surface area contributed by atoms with Crippen molar-refractivity contribution in [1.29, 1.82) is 0 Å². The van der Waals surface area contributed by atoms with Crippen molar-refractivity contribution in [2.24, 2.45) is 12.8 Å². The third-order valence-electron chi connectivity index (χ3n) is 3.06. The van der Waals surface area contributed by atoms with Gasteiger partial charge in [-0.1, -0.05) is 12.1 Å². The summed E-state index contributed by atoms with van der Waals surface area (Å²) >= 11 is 0. The minimum atomic E-state index is -0.560. The van der Waals surface area contributed by atoms with Gasteiger partial charge in [0.1, 0.15) is 0 Å². The van der Waals surface area contributed by atoms with Crippen LogP contribution in [0.3, 0.4) is 0 Å². The van der Waals surface area contributed by atoms with Gasteiger partial charge in [0.2, 0.25) is 0 Å². The summed E-state index contributed by atoms with van der Waals surface area (Å²) in [5.41, 5.74) is 8.85. The topological polar surface area (TPSA) is 85.0 Å². The van der Waals surface area contributed by atoms with Crippen molar-refractivity contribution >= 4 is 17.4 Å². The Kier molecular flexibility index (Phi) is 3.93. The number of carbonyl (C=O) groups excluding carboxylic acids is 1. The van der Waals surface area contributed by atoms with Crippen LogP contribution >= 0.6 is 0 Å². The van der Waals surface area contributed by atoms with Gasteiger partial charge in [-0.2, -0.15) is 5.10 Å². The minimum absolute atomic E-state index is 0.139. The van der Waals surface area contributed by atoms with E-state index in [-0.39, 0.29) is 6.04 Å². The lowest BCUT2D eigenvalue weighted by atomic mass is 10.1. The fraction of sp³-hybridized carbons (Fsp3) is 0.286. The number of nitrogens with zero attached hydrogens (tertiary/aromatic N) is 2. The quantitative estimate of drug-likeness (QED) is 0.799. The van der Waals surface area contributed by atoms with E-state index in [0.29, 0.717) is 5.69 Å². The highest BCUT2D eigenvalue weighted by atomic mass is 16.2. The van der Waals surface area contributed by atoms with Crippen LogP contribution in [0.15, 0.2) is 30.5 Å². The maximum atomic E-state index is 10.8. The molecule has 0 bridgehead atoms. The molecule has 4 N–H and O–H groups in total. The molecule has 0 spiro atoms. The van der Waals surface area contributed by atoms with Crippen LogP contribution in [0.4, 0.5) is 16.2 Å². The van der Waals surface area contributed by atoms with E-state index in [4.69, 9.17) is 5.73 Å². The smallest absolute Gasteiger partial charge is 0.316 e. The molecule has 1 unspecified atom stereocenters. The number of urea groups is 1. The van der Waals surface area contributed by atoms with Crippen molar-refractivity contribution < 1.29 is 4.79 Å². The molecule has 0 aliphatic heterocycles. The number of hydrogen-bond donors (Lipinski definition) is 3. The molecule has 2 aromatic rings. The van der Waals surface area contributed by atoms with Gasteiger partial charge in [0.15, 0.2) is 0 Å². The fourth-order valence-corrected chi connectivity index (χ4v) is 2.06. The summed E-state index contributed by atoms with van der Waals surface area (Å²) in [6.07, 6.45) is 1.95. The average molecular weight is 273 g/mol. The van der Waals surface area contributed by atoms with Crippen LogP contribution in [0.2, 0.25) is 0 Å². The van der Waals surface area contributed by atoms with E-state index in [2.05, 4.69) is 22.7 Å². The Morgan fingerprint density at radius 2 is 2.00 bits per heavy atom. The average Bonchev–Trinajstić information content (AvgIpc) is 2.68. The van der Waals surface area contributed by atoms with Crippen molar-refractivity contribution in [3.8, 4) is 0 Å². The Morgan fingerprint density at radius 3 is 2.50 bits per heavy atom. The highest BCUT2D eigenvalue weighted by molar-refractivity contribution is 5.87. The van der Waals surface area contributed by atoms with Crippen LogP contribution in [0.1, 0.15) is 24.2 Å². The van der Waals surface area contributed by atoms with Gasteiger partial charge in [-0.3, -0.25) is 4.68 Å². The molecule has 0 saturated heterocycles. The lowest BCUT2D eigenvalue weighted by molar-refractivity contribution is 0.259. The van der Waals surface area contributed by atoms with Gasteiger partial charge in [0, 0.05) is 25.0 Å². The molecule has 106 valence electrons. The zero-order valence-corrected chi connectivity index (χ0v) is 11.8. The summed E-state index contributed by atoms with van der Waals surface area (Å²) in [5.74, 6) is 0. The number of amides is 2. The third-order valence-corrected chi connectivity index (χ3v) is 3.06. The number of nitrogens with two attached hydrogens (primary N) is 1. The second kappa shape index (κ2) is 5.64. The summed E-state index contributed by atoms with van der Waals surface area (Å²) in [6, 6.07) is 7.14. The molecule has 0 saturated carbocycles. The largest absolute Gasteiger partial charge is 0.376 e. The first-order chi connectivity index (χ1) is 9.45. The van der Waals surface area contributed by atoms with Crippen LogP contribution in [0.25, 0.3) is 0 Å². The molecule has 2 rings (SSSR count). The second-order valence-corrected chi connectivity index (χ2v) is 4.78. The fourth-order valence-electron chi connectivity index (χ4n) is 2.06. The zero-order valence-electron chi connectivity index (χ0n) is 11.8. The van der Waals surface area contributed by atoms with E-state index in [1.54, 1.807) is 4.68 Å². The van der Waals surface area contributed by atoms with Gasteiger partial charge < -0.3 is 16.4 Å². The van der Waals surface area contributed by atoms with Crippen molar-refractivity contribution in [2.45, 2.75) is 19.9 Å². The Labute approximate surface area is 118 Å². The number of carbonyl (C=O) groups is 1. The number of aryl methyl sites for hydroxylation is 2. The second-order valence-electron chi connectivity index (χ2n) is 4.78. The minimum Gasteiger partial charge on any atom is -0.376 e. The molecule has 0 aliphatic rings. The standard InChI is InChI=1S/C14H19N5O/c1-9(16-13-8-19(3)18-10(13)2)11-4-6-12(7-5-11)17-14(15)20/h4-9,16H,1-3H3,(H3,15,17,20). The predicted octanol–water partition coefficient (Wildman–Crippen LogP) is 2.39. The van der Waals surface area contributed by atoms with Gasteiger partial charge in [0.05, 0.1) is 11.4 Å². The summed E-state index contributed by atoms with van der Waals surface area (Å²) in [7, 11) is 1.90. The number of hydrogen-bond acceptors (Lipinski definition) is 3. The van der Waals surface area contributed by atoms with E-state index >= 15 is 0 Å². The summed E-state index contributed by atoms with van der Waals surface area (Å²) in [4.78, 5) is 10.8. The predicted molar refractivity (Wildman–Crippen MR) is 79.6 cm³/mol. The first-order valence-corrected chi connectivity index (χ1v) is 6.39. The summed E-state index contributed by atoms with van der Waals surface area (Å²) in [6.45, 7) is 4.04. The number of rotatable bonds is 4. The van der Waals surface area contributed by atoms with Crippen LogP contribution < -0.4 is 16.4 Å². The van der Waals surface area contributed by atoms with E-state index in [0.717, 1.165) is 16.9 Å².